The van der Waals surface area contributed by atoms with Crippen LogP contribution in [0, 0.1) is 0 Å². The van der Waals surface area contributed by atoms with Crippen molar-refractivity contribution in [2.24, 2.45) is 0 Å². The summed E-state index contributed by atoms with van der Waals surface area (Å²) in [6.45, 7) is 3.51. The van der Waals surface area contributed by atoms with Gasteiger partial charge in [0, 0.05) is 35.3 Å². The van der Waals surface area contributed by atoms with E-state index in [1.807, 2.05) is 13.0 Å². The van der Waals surface area contributed by atoms with Crippen LogP contribution in [0.5, 0.6) is 0 Å². The van der Waals surface area contributed by atoms with Crippen LogP contribution in [0.15, 0.2) is 6.07 Å². The van der Waals surface area contributed by atoms with Gasteiger partial charge in [0.15, 0.2) is 6.10 Å². The first-order valence-corrected chi connectivity index (χ1v) is 9.70. The number of halogens is 2. The number of piperidine rings is 1. The standard InChI is InChI=1S/C18H25F2NO4S/c1-11-9-18(4-5-21(11)10-14(22)17(23)24-2)16-12(3-6-25-18)7-13(26-16)8-15(19)20/h7,11,14-15,22H,3-6,8-10H2,1-2H3/t11-,14+,18+/m0/s1. The fraction of sp³-hybridized carbons (Fsp3) is 0.722. The molecule has 3 heterocycles. The second-order valence-electron chi connectivity index (χ2n) is 7.09. The molecule has 0 aliphatic carbocycles. The first-order valence-electron chi connectivity index (χ1n) is 8.89. The molecular weight excluding hydrogens is 364 g/mol. The molecule has 8 heteroatoms. The smallest absolute Gasteiger partial charge is 0.336 e. The zero-order chi connectivity index (χ0) is 18.9. The van der Waals surface area contributed by atoms with Crippen molar-refractivity contribution in [3.63, 3.8) is 0 Å². The summed E-state index contributed by atoms with van der Waals surface area (Å²) in [6.07, 6.45) is -1.53. The van der Waals surface area contributed by atoms with Gasteiger partial charge in [-0.1, -0.05) is 0 Å². The van der Waals surface area contributed by atoms with Gasteiger partial charge in [0.25, 0.3) is 0 Å². The van der Waals surface area contributed by atoms with Crippen molar-refractivity contribution < 1.29 is 28.2 Å². The van der Waals surface area contributed by atoms with Crippen molar-refractivity contribution in [1.82, 2.24) is 4.90 Å². The van der Waals surface area contributed by atoms with Crippen LogP contribution in [-0.4, -0.2) is 61.4 Å². The average molecular weight is 389 g/mol. The van der Waals surface area contributed by atoms with Crippen LogP contribution in [0.4, 0.5) is 8.78 Å². The summed E-state index contributed by atoms with van der Waals surface area (Å²) in [5, 5.41) is 9.92. The molecule has 1 aromatic rings. The van der Waals surface area contributed by atoms with Gasteiger partial charge in [-0.3, -0.25) is 4.90 Å². The number of carbonyl (C=O) groups is 1. The Kier molecular flexibility index (Phi) is 5.96. The van der Waals surface area contributed by atoms with Crippen LogP contribution < -0.4 is 0 Å². The van der Waals surface area contributed by atoms with E-state index in [1.165, 1.54) is 18.4 Å². The number of hydrogen-bond acceptors (Lipinski definition) is 6. The molecule has 0 amide bonds. The van der Waals surface area contributed by atoms with E-state index in [2.05, 4.69) is 9.64 Å². The monoisotopic (exact) mass is 389 g/mol. The van der Waals surface area contributed by atoms with Gasteiger partial charge in [-0.25, -0.2) is 13.6 Å². The molecule has 0 unspecified atom stereocenters. The van der Waals surface area contributed by atoms with Crippen LogP contribution in [0.3, 0.4) is 0 Å². The molecule has 2 aliphatic rings. The summed E-state index contributed by atoms with van der Waals surface area (Å²) in [5.74, 6) is -0.636. The number of carbonyl (C=O) groups excluding carboxylic acids is 1. The number of esters is 1. The average Bonchev–Trinajstić information content (AvgIpc) is 3.00. The van der Waals surface area contributed by atoms with Gasteiger partial charge in [0.05, 0.1) is 13.7 Å². The predicted octanol–water partition coefficient (Wildman–Crippen LogP) is 2.34. The number of thiophene rings is 1. The number of likely N-dealkylation sites (tertiary alicyclic amines) is 1. The maximum atomic E-state index is 12.8. The molecule has 3 atom stereocenters. The highest BCUT2D eigenvalue weighted by Gasteiger charge is 2.45. The zero-order valence-electron chi connectivity index (χ0n) is 15.0. The maximum absolute atomic E-state index is 12.8. The Labute approximate surface area is 155 Å². The Bertz CT molecular complexity index is 653. The molecule has 1 fully saturated rings. The van der Waals surface area contributed by atoms with E-state index in [-0.39, 0.29) is 19.0 Å². The molecule has 1 N–H and O–H groups in total. The van der Waals surface area contributed by atoms with Gasteiger partial charge < -0.3 is 14.6 Å². The summed E-state index contributed by atoms with van der Waals surface area (Å²) in [4.78, 5) is 15.3. The van der Waals surface area contributed by atoms with Gasteiger partial charge in [0.2, 0.25) is 6.43 Å². The molecule has 26 heavy (non-hydrogen) atoms. The lowest BCUT2D eigenvalue weighted by Crippen LogP contribution is -2.52. The summed E-state index contributed by atoms with van der Waals surface area (Å²) < 4.78 is 36.3. The molecule has 1 saturated heterocycles. The number of rotatable bonds is 5. The zero-order valence-corrected chi connectivity index (χ0v) is 15.9. The number of ether oxygens (including phenoxy) is 2. The highest BCUT2D eigenvalue weighted by molar-refractivity contribution is 7.12. The molecule has 146 valence electrons. The van der Waals surface area contributed by atoms with Crippen LogP contribution in [0.2, 0.25) is 0 Å². The third-order valence-electron chi connectivity index (χ3n) is 5.31. The van der Waals surface area contributed by atoms with E-state index < -0.39 is 24.1 Å². The van der Waals surface area contributed by atoms with Gasteiger partial charge in [-0.15, -0.1) is 11.3 Å². The molecule has 2 aliphatic heterocycles. The quantitative estimate of drug-likeness (QED) is 0.784. The Hall–Kier alpha value is -1.09. The van der Waals surface area contributed by atoms with E-state index in [9.17, 15) is 18.7 Å². The third kappa shape index (κ3) is 3.93. The molecule has 1 aromatic heterocycles. The largest absolute Gasteiger partial charge is 0.467 e. The second kappa shape index (κ2) is 7.88. The van der Waals surface area contributed by atoms with E-state index in [0.29, 0.717) is 30.9 Å². The van der Waals surface area contributed by atoms with Crippen LogP contribution in [0.25, 0.3) is 0 Å². The van der Waals surface area contributed by atoms with Crippen molar-refractivity contribution in [1.29, 1.82) is 0 Å². The fourth-order valence-electron chi connectivity index (χ4n) is 4.03. The highest BCUT2D eigenvalue weighted by atomic mass is 32.1. The summed E-state index contributed by atoms with van der Waals surface area (Å²) in [5.41, 5.74) is 0.692. The minimum atomic E-state index is -2.34. The number of β-amino-alcohol motifs (C(OH)–C–C–N with tert-alkyl or cyclic N) is 1. The number of hydrogen-bond donors (Lipinski definition) is 1. The normalized spacial score (nSPS) is 27.5. The van der Waals surface area contributed by atoms with Crippen LogP contribution in [0.1, 0.15) is 35.1 Å². The van der Waals surface area contributed by atoms with Gasteiger partial charge in [-0.05, 0) is 37.8 Å². The molecule has 0 saturated carbocycles. The maximum Gasteiger partial charge on any atom is 0.336 e. The molecule has 1 spiro atoms. The summed E-state index contributed by atoms with van der Waals surface area (Å²) >= 11 is 1.45. The topological polar surface area (TPSA) is 59.0 Å². The lowest BCUT2D eigenvalue weighted by Gasteiger charge is -2.47. The van der Waals surface area contributed by atoms with E-state index in [0.717, 1.165) is 16.9 Å². The molecule has 0 bridgehead atoms. The number of nitrogens with zero attached hydrogens (tertiary/aromatic N) is 1. The van der Waals surface area contributed by atoms with E-state index in [1.54, 1.807) is 0 Å². The molecule has 3 rings (SSSR count). The minimum absolute atomic E-state index is 0.0923. The Morgan fingerprint density at radius 2 is 2.35 bits per heavy atom. The van der Waals surface area contributed by atoms with Crippen molar-refractivity contribution in [3.8, 4) is 0 Å². The predicted molar refractivity (Wildman–Crippen MR) is 93.7 cm³/mol. The number of alkyl halides is 2. The van der Waals surface area contributed by atoms with Gasteiger partial charge >= 0.3 is 5.97 Å². The number of aliphatic hydroxyl groups excluding tert-OH is 1. The van der Waals surface area contributed by atoms with Crippen LogP contribution >= 0.6 is 11.3 Å². The van der Waals surface area contributed by atoms with Gasteiger partial charge in [0.1, 0.15) is 5.60 Å². The highest BCUT2D eigenvalue weighted by Crippen LogP contribution is 2.47. The third-order valence-corrected chi connectivity index (χ3v) is 6.70. The lowest BCUT2D eigenvalue weighted by atomic mass is 9.82. The molecular formula is C18H25F2NO4S. The minimum Gasteiger partial charge on any atom is -0.467 e. The number of methoxy groups -OCH3 is 1. The van der Waals surface area contributed by atoms with E-state index in [4.69, 9.17) is 4.74 Å². The lowest BCUT2D eigenvalue weighted by molar-refractivity contribution is -0.153. The van der Waals surface area contributed by atoms with Crippen molar-refractivity contribution in [2.45, 2.75) is 56.8 Å². The Balaban J connectivity index is 1.74. The Morgan fingerprint density at radius 1 is 1.58 bits per heavy atom. The van der Waals surface area contributed by atoms with E-state index >= 15 is 0 Å². The first-order chi connectivity index (χ1) is 12.3. The summed E-state index contributed by atoms with van der Waals surface area (Å²) in [6, 6.07) is 2.00. The number of aliphatic hydroxyl groups is 1. The number of fused-ring (bicyclic) bond motifs is 2. The van der Waals surface area contributed by atoms with Crippen molar-refractivity contribution >= 4 is 17.3 Å². The van der Waals surface area contributed by atoms with Crippen LogP contribution in [-0.2, 0) is 32.7 Å². The molecule has 5 nitrogen and oxygen atoms in total. The molecule has 0 radical (unpaired) electrons. The first kappa shape index (κ1) is 19.7. The Morgan fingerprint density at radius 3 is 3.00 bits per heavy atom. The summed E-state index contributed by atoms with van der Waals surface area (Å²) in [7, 11) is 1.26. The van der Waals surface area contributed by atoms with Gasteiger partial charge in [-0.2, -0.15) is 0 Å². The second-order valence-corrected chi connectivity index (χ2v) is 8.23. The SMILES string of the molecule is COC(=O)[C@H](O)CN1CC[C@]2(C[C@@H]1C)OCCc1cc(CC(F)F)sc12. The van der Waals surface area contributed by atoms with Crippen molar-refractivity contribution in [3.05, 3.63) is 21.4 Å². The molecule has 0 aromatic carbocycles. The fourth-order valence-corrected chi connectivity index (χ4v) is 5.42. The van der Waals surface area contributed by atoms with Crippen molar-refractivity contribution in [2.75, 3.05) is 26.8 Å².